The Labute approximate surface area is 199 Å². The average molecular weight is 459 g/mol. The van der Waals surface area contributed by atoms with Crippen LogP contribution in [-0.2, 0) is 9.53 Å². The van der Waals surface area contributed by atoms with Crippen molar-refractivity contribution in [3.05, 3.63) is 72.6 Å². The fraction of sp³-hybridized carbons (Fsp3) is 0.296. The number of fused-ring (bicyclic) bond motifs is 1. The number of hydrogen-bond acceptors (Lipinski definition) is 5. The monoisotopic (exact) mass is 458 g/mol. The van der Waals surface area contributed by atoms with Crippen LogP contribution in [0.25, 0.3) is 28.1 Å². The van der Waals surface area contributed by atoms with Gasteiger partial charge in [0.15, 0.2) is 0 Å². The summed E-state index contributed by atoms with van der Waals surface area (Å²) in [4.78, 5) is 21.0. The van der Waals surface area contributed by atoms with E-state index in [2.05, 4.69) is 46.1 Å². The third-order valence-corrected chi connectivity index (χ3v) is 5.53. The SMILES string of the molecule is COCCNC(=O)CCCCOc1ccc2nc(-c3cccnc3)n(-c3ccc(C)cc3)c2c1. The molecule has 176 valence electrons. The zero-order valence-corrected chi connectivity index (χ0v) is 19.7. The molecule has 0 radical (unpaired) electrons. The van der Waals surface area contributed by atoms with Gasteiger partial charge < -0.3 is 14.8 Å². The maximum Gasteiger partial charge on any atom is 0.220 e. The first-order valence-corrected chi connectivity index (χ1v) is 11.5. The highest BCUT2D eigenvalue weighted by Gasteiger charge is 2.15. The number of amides is 1. The molecular weight excluding hydrogens is 428 g/mol. The topological polar surface area (TPSA) is 78.3 Å². The first-order valence-electron chi connectivity index (χ1n) is 11.5. The Morgan fingerprint density at radius 2 is 1.91 bits per heavy atom. The number of carbonyl (C=O) groups is 1. The van der Waals surface area contributed by atoms with E-state index in [0.717, 1.165) is 46.7 Å². The van der Waals surface area contributed by atoms with Crippen molar-refractivity contribution in [3.63, 3.8) is 0 Å². The molecule has 0 atom stereocenters. The van der Waals surface area contributed by atoms with Gasteiger partial charge in [-0.05, 0) is 56.2 Å². The van der Waals surface area contributed by atoms with Crippen LogP contribution in [0.3, 0.4) is 0 Å². The number of aryl methyl sites for hydroxylation is 1. The average Bonchev–Trinajstić information content (AvgIpc) is 3.24. The predicted octanol–water partition coefficient (Wildman–Crippen LogP) is 4.71. The standard InChI is InChI=1S/C27H30N4O3/c1-20-8-10-22(11-9-20)31-25-18-23(34-16-4-3-7-26(32)29-15-17-33-2)12-13-24(25)30-27(31)21-6-5-14-28-19-21/h5-6,8-14,18-19H,3-4,7,15-17H2,1-2H3,(H,29,32). The number of nitrogens with zero attached hydrogens (tertiary/aromatic N) is 3. The fourth-order valence-corrected chi connectivity index (χ4v) is 3.75. The van der Waals surface area contributed by atoms with Crippen LogP contribution in [0, 0.1) is 6.92 Å². The number of nitrogens with one attached hydrogen (secondary N) is 1. The summed E-state index contributed by atoms with van der Waals surface area (Å²) in [5.74, 6) is 1.66. The number of aromatic nitrogens is 3. The van der Waals surface area contributed by atoms with Gasteiger partial charge in [0.1, 0.15) is 11.6 Å². The molecule has 0 aliphatic heterocycles. The van der Waals surface area contributed by atoms with Gasteiger partial charge in [-0.1, -0.05) is 17.7 Å². The van der Waals surface area contributed by atoms with E-state index in [4.69, 9.17) is 14.5 Å². The van der Waals surface area contributed by atoms with E-state index in [1.807, 2.05) is 36.5 Å². The van der Waals surface area contributed by atoms with Gasteiger partial charge in [-0.15, -0.1) is 0 Å². The molecule has 1 N–H and O–H groups in total. The number of carbonyl (C=O) groups excluding carboxylic acids is 1. The molecule has 34 heavy (non-hydrogen) atoms. The summed E-state index contributed by atoms with van der Waals surface area (Å²) in [5.41, 5.74) is 5.04. The lowest BCUT2D eigenvalue weighted by Gasteiger charge is -2.11. The van der Waals surface area contributed by atoms with Gasteiger partial charge in [-0.3, -0.25) is 14.3 Å². The minimum Gasteiger partial charge on any atom is -0.494 e. The van der Waals surface area contributed by atoms with Crippen molar-refractivity contribution in [3.8, 4) is 22.8 Å². The van der Waals surface area contributed by atoms with E-state index in [1.165, 1.54) is 5.56 Å². The summed E-state index contributed by atoms with van der Waals surface area (Å²) in [7, 11) is 1.62. The second kappa shape index (κ2) is 11.4. The number of hydrogen-bond donors (Lipinski definition) is 1. The summed E-state index contributed by atoms with van der Waals surface area (Å²) < 4.78 is 13.1. The van der Waals surface area contributed by atoms with Crippen molar-refractivity contribution >= 4 is 16.9 Å². The molecule has 0 spiro atoms. The minimum atomic E-state index is 0.0448. The molecule has 7 nitrogen and oxygen atoms in total. The van der Waals surface area contributed by atoms with Crippen molar-refractivity contribution in [1.29, 1.82) is 0 Å². The van der Waals surface area contributed by atoms with Crippen LogP contribution >= 0.6 is 0 Å². The van der Waals surface area contributed by atoms with Crippen LogP contribution in [0.2, 0.25) is 0 Å². The van der Waals surface area contributed by atoms with Crippen LogP contribution in [-0.4, -0.2) is 47.3 Å². The van der Waals surface area contributed by atoms with Crippen molar-refractivity contribution in [2.45, 2.75) is 26.2 Å². The number of methoxy groups -OCH3 is 1. The lowest BCUT2D eigenvalue weighted by atomic mass is 10.2. The van der Waals surface area contributed by atoms with Crippen LogP contribution in [0.5, 0.6) is 5.75 Å². The van der Waals surface area contributed by atoms with E-state index in [0.29, 0.717) is 26.2 Å². The molecule has 0 aliphatic carbocycles. The summed E-state index contributed by atoms with van der Waals surface area (Å²) in [6.07, 6.45) is 5.65. The highest BCUT2D eigenvalue weighted by atomic mass is 16.5. The molecular formula is C27H30N4O3. The molecule has 2 aromatic carbocycles. The molecule has 1 amide bonds. The molecule has 0 bridgehead atoms. The maximum atomic E-state index is 11.8. The lowest BCUT2D eigenvalue weighted by molar-refractivity contribution is -0.121. The summed E-state index contributed by atoms with van der Waals surface area (Å²) in [6.45, 7) is 3.69. The van der Waals surface area contributed by atoms with Gasteiger partial charge in [0, 0.05) is 49.8 Å². The van der Waals surface area contributed by atoms with Gasteiger partial charge in [0.2, 0.25) is 5.91 Å². The van der Waals surface area contributed by atoms with Gasteiger partial charge in [0.25, 0.3) is 0 Å². The van der Waals surface area contributed by atoms with Crippen LogP contribution in [0.1, 0.15) is 24.8 Å². The van der Waals surface area contributed by atoms with Crippen LogP contribution in [0.15, 0.2) is 67.0 Å². The Balaban J connectivity index is 1.50. The molecule has 7 heteroatoms. The molecule has 0 saturated carbocycles. The minimum absolute atomic E-state index is 0.0448. The summed E-state index contributed by atoms with van der Waals surface area (Å²) in [6, 6.07) is 18.3. The van der Waals surface area contributed by atoms with E-state index >= 15 is 0 Å². The number of pyridine rings is 1. The molecule has 0 fully saturated rings. The summed E-state index contributed by atoms with van der Waals surface area (Å²) in [5, 5.41) is 2.83. The molecule has 0 unspecified atom stereocenters. The molecule has 4 aromatic rings. The largest absolute Gasteiger partial charge is 0.494 e. The Morgan fingerprint density at radius 3 is 2.68 bits per heavy atom. The third kappa shape index (κ3) is 5.80. The Bertz CT molecular complexity index is 1220. The first-order chi connectivity index (χ1) is 16.7. The van der Waals surface area contributed by atoms with E-state index in [-0.39, 0.29) is 5.91 Å². The van der Waals surface area contributed by atoms with E-state index in [1.54, 1.807) is 13.3 Å². The second-order valence-electron chi connectivity index (χ2n) is 8.15. The zero-order chi connectivity index (χ0) is 23.8. The highest BCUT2D eigenvalue weighted by molar-refractivity contribution is 5.84. The Kier molecular flexibility index (Phi) is 7.88. The van der Waals surface area contributed by atoms with Crippen molar-refractivity contribution in [1.82, 2.24) is 19.9 Å². The fourth-order valence-electron chi connectivity index (χ4n) is 3.75. The normalized spacial score (nSPS) is 11.0. The van der Waals surface area contributed by atoms with Gasteiger partial charge in [-0.2, -0.15) is 0 Å². The first kappa shape index (κ1) is 23.4. The maximum absolute atomic E-state index is 11.8. The number of unbranched alkanes of at least 4 members (excludes halogenated alkanes) is 1. The zero-order valence-electron chi connectivity index (χ0n) is 19.7. The van der Waals surface area contributed by atoms with Crippen molar-refractivity contribution in [2.75, 3.05) is 26.9 Å². The smallest absolute Gasteiger partial charge is 0.220 e. The molecule has 2 heterocycles. The van der Waals surface area contributed by atoms with Crippen LogP contribution in [0.4, 0.5) is 0 Å². The molecule has 2 aromatic heterocycles. The molecule has 4 rings (SSSR count). The van der Waals surface area contributed by atoms with Gasteiger partial charge >= 0.3 is 0 Å². The Morgan fingerprint density at radius 1 is 1.06 bits per heavy atom. The lowest BCUT2D eigenvalue weighted by Crippen LogP contribution is -2.26. The Hall–Kier alpha value is -3.71. The number of rotatable bonds is 11. The van der Waals surface area contributed by atoms with Crippen molar-refractivity contribution in [2.24, 2.45) is 0 Å². The van der Waals surface area contributed by atoms with E-state index in [9.17, 15) is 4.79 Å². The van der Waals surface area contributed by atoms with E-state index < -0.39 is 0 Å². The quantitative estimate of drug-likeness (QED) is 0.330. The predicted molar refractivity (Wildman–Crippen MR) is 133 cm³/mol. The van der Waals surface area contributed by atoms with Crippen molar-refractivity contribution < 1.29 is 14.3 Å². The van der Waals surface area contributed by atoms with Gasteiger partial charge in [-0.25, -0.2) is 4.98 Å². The number of benzene rings is 2. The molecule has 0 saturated heterocycles. The number of imidazole rings is 1. The van der Waals surface area contributed by atoms with Gasteiger partial charge in [0.05, 0.1) is 24.2 Å². The second-order valence-corrected chi connectivity index (χ2v) is 8.15. The molecule has 0 aliphatic rings. The number of ether oxygens (including phenoxy) is 2. The third-order valence-electron chi connectivity index (χ3n) is 5.53. The highest BCUT2D eigenvalue weighted by Crippen LogP contribution is 2.30. The van der Waals surface area contributed by atoms with Crippen LogP contribution < -0.4 is 10.1 Å². The summed E-state index contributed by atoms with van der Waals surface area (Å²) >= 11 is 0.